The van der Waals surface area contributed by atoms with Crippen LogP contribution in [0.3, 0.4) is 0 Å². The molecule has 0 aliphatic rings. The van der Waals surface area contributed by atoms with E-state index in [0.29, 0.717) is 0 Å². The molecule has 0 spiro atoms. The van der Waals surface area contributed by atoms with E-state index in [-0.39, 0.29) is 81.1 Å². The molecule has 0 aliphatic carbocycles. The molecule has 0 atom stereocenters. The molecule has 55 valence electrons. The molecule has 3 N–H and O–H groups in total. The van der Waals surface area contributed by atoms with Gasteiger partial charge < -0.3 is 14.7 Å². The molecule has 0 saturated heterocycles. The van der Waals surface area contributed by atoms with Gasteiger partial charge in [0.15, 0.2) is 0 Å². The van der Waals surface area contributed by atoms with E-state index in [0.717, 1.165) is 0 Å². The van der Waals surface area contributed by atoms with E-state index >= 15 is 0 Å². The second kappa shape index (κ2) is 13.3. The number of hydrogen-bond acceptors (Lipinski definition) is 1. The van der Waals surface area contributed by atoms with Gasteiger partial charge in [-0.25, -0.2) is 4.57 Å². The van der Waals surface area contributed by atoms with Crippen molar-refractivity contribution in [3.8, 4) is 0 Å². The maximum absolute atomic E-state index is 8.88. The molecule has 0 bridgehead atoms. The molecule has 0 fully saturated rings. The Balaban J connectivity index is -0.0000000133. The molecule has 4 nitrogen and oxygen atoms in total. The van der Waals surface area contributed by atoms with Crippen molar-refractivity contribution in [3.05, 3.63) is 0 Å². The Kier molecular flexibility index (Phi) is 44.1. The Morgan fingerprint density at radius 3 is 1.11 bits per heavy atom. The Morgan fingerprint density at radius 2 is 1.11 bits per heavy atom. The molecular formula is H4CrFeMnNaO4P. The van der Waals surface area contributed by atoms with Crippen LogP contribution in [0.5, 0.6) is 0 Å². The topological polar surface area (TPSA) is 77.8 Å². The van der Waals surface area contributed by atoms with E-state index in [4.69, 9.17) is 19.2 Å². The average Bonchev–Trinajstić information content (AvgIpc) is 0.722. The van der Waals surface area contributed by atoms with Crippen LogP contribution in [0.4, 0.5) is 0 Å². The summed E-state index contributed by atoms with van der Waals surface area (Å²) in [4.78, 5) is 21.6. The first-order chi connectivity index (χ1) is 2.00. The SMILES string of the molecule is O=P(O)(O)O.[Cr].[Fe].[Mn].[NaH]. The predicted octanol–water partition coefficient (Wildman–Crippen LogP) is -1.58. The van der Waals surface area contributed by atoms with Crippen LogP contribution in [0.2, 0.25) is 0 Å². The van der Waals surface area contributed by atoms with E-state index in [9.17, 15) is 0 Å². The van der Waals surface area contributed by atoms with Gasteiger partial charge in [0.1, 0.15) is 0 Å². The molecule has 0 aromatic carbocycles. The Labute approximate surface area is 107 Å². The first-order valence-electron chi connectivity index (χ1n) is 0.783. The summed E-state index contributed by atoms with van der Waals surface area (Å²) in [5, 5.41) is 0. The Hall–Kier alpha value is 2.68. The fraction of sp³-hybridized carbons (Fsp3) is 0. The van der Waals surface area contributed by atoms with Gasteiger partial charge >= 0.3 is 37.4 Å². The molecule has 0 aromatic heterocycles. The fourth-order valence-corrected chi connectivity index (χ4v) is 0. The molecule has 0 amide bonds. The van der Waals surface area contributed by atoms with Crippen LogP contribution >= 0.6 is 7.82 Å². The number of phosphoric acid groups is 1. The molecule has 0 aromatic rings. The molecule has 0 rings (SSSR count). The van der Waals surface area contributed by atoms with Crippen LogP contribution in [0, 0.1) is 0 Å². The molecule has 0 aliphatic heterocycles. The maximum atomic E-state index is 8.88. The van der Waals surface area contributed by atoms with Crippen molar-refractivity contribution in [2.45, 2.75) is 0 Å². The molecule has 0 unspecified atom stereocenters. The summed E-state index contributed by atoms with van der Waals surface area (Å²) in [6, 6.07) is 0. The first-order valence-corrected chi connectivity index (χ1v) is 2.35. The third-order valence-corrected chi connectivity index (χ3v) is 0. The van der Waals surface area contributed by atoms with Gasteiger partial charge in [-0.2, -0.15) is 0 Å². The van der Waals surface area contributed by atoms with Crippen molar-refractivity contribution in [1.29, 1.82) is 0 Å². The summed E-state index contributed by atoms with van der Waals surface area (Å²) in [5.74, 6) is 0. The molecule has 0 heterocycles. The van der Waals surface area contributed by atoms with Crippen molar-refractivity contribution in [2.75, 3.05) is 0 Å². The van der Waals surface area contributed by atoms with Crippen LogP contribution < -0.4 is 0 Å². The van der Waals surface area contributed by atoms with Crippen LogP contribution in [-0.4, -0.2) is 44.2 Å². The Morgan fingerprint density at radius 1 is 1.11 bits per heavy atom. The van der Waals surface area contributed by atoms with Gasteiger partial charge in [-0.1, -0.05) is 0 Å². The van der Waals surface area contributed by atoms with Crippen molar-refractivity contribution in [1.82, 2.24) is 0 Å². The van der Waals surface area contributed by atoms with Gasteiger partial charge in [-0.05, 0) is 0 Å². The quantitative estimate of drug-likeness (QED) is 0.370. The third-order valence-electron chi connectivity index (χ3n) is 0. The summed E-state index contributed by atoms with van der Waals surface area (Å²) in [5.41, 5.74) is 0. The van der Waals surface area contributed by atoms with Crippen LogP contribution in [0.15, 0.2) is 0 Å². The van der Waals surface area contributed by atoms with Crippen molar-refractivity contribution in [3.63, 3.8) is 0 Å². The third kappa shape index (κ3) is 112. The molecule has 9 heavy (non-hydrogen) atoms. The predicted molar refractivity (Wildman–Crippen MR) is 21.4 cm³/mol. The molecular weight excluding hydrogens is 281 g/mol. The monoisotopic (exact) mass is 285 g/mol. The summed E-state index contributed by atoms with van der Waals surface area (Å²) >= 11 is 0. The zero-order valence-electron chi connectivity index (χ0n) is 3.34. The van der Waals surface area contributed by atoms with E-state index in [2.05, 4.69) is 0 Å². The average molecular weight is 285 g/mol. The van der Waals surface area contributed by atoms with Crippen molar-refractivity contribution < 1.29 is 70.7 Å². The number of hydrogen-bond donors (Lipinski definition) is 3. The standard InChI is InChI=1S/Cr.Fe.Mn.Na.H3O4P.H/c;;;;1-5(2,3)4;/h;;;;(H3,1,2,3,4);. The van der Waals surface area contributed by atoms with Gasteiger partial charge in [-0.3, -0.25) is 0 Å². The zero-order chi connectivity index (χ0) is 4.50. The van der Waals surface area contributed by atoms with Gasteiger partial charge in [0.25, 0.3) is 0 Å². The normalized spacial score (nSPS) is 6.56. The van der Waals surface area contributed by atoms with Gasteiger partial charge in [0, 0.05) is 51.5 Å². The van der Waals surface area contributed by atoms with Crippen molar-refractivity contribution >= 4 is 37.4 Å². The van der Waals surface area contributed by atoms with Gasteiger partial charge in [0.2, 0.25) is 0 Å². The summed E-state index contributed by atoms with van der Waals surface area (Å²) in [6.45, 7) is 0. The van der Waals surface area contributed by atoms with E-state index in [1.807, 2.05) is 0 Å². The van der Waals surface area contributed by atoms with Gasteiger partial charge in [-0.15, -0.1) is 0 Å². The molecule has 0 saturated carbocycles. The van der Waals surface area contributed by atoms with Crippen LogP contribution in [0.25, 0.3) is 0 Å². The first kappa shape index (κ1) is 29.9. The number of rotatable bonds is 0. The molecule has 1 radical (unpaired) electrons. The van der Waals surface area contributed by atoms with E-state index in [1.54, 1.807) is 0 Å². The van der Waals surface area contributed by atoms with Crippen molar-refractivity contribution in [2.24, 2.45) is 0 Å². The van der Waals surface area contributed by atoms with Gasteiger partial charge in [0.05, 0.1) is 0 Å². The second-order valence-electron chi connectivity index (χ2n) is 0.513. The Bertz CT molecular complexity index is 66.7. The van der Waals surface area contributed by atoms with Crippen LogP contribution in [-0.2, 0) is 56.1 Å². The summed E-state index contributed by atoms with van der Waals surface area (Å²) < 4.78 is 8.88. The summed E-state index contributed by atoms with van der Waals surface area (Å²) in [6.07, 6.45) is 0. The van der Waals surface area contributed by atoms with Crippen LogP contribution in [0.1, 0.15) is 0 Å². The second-order valence-corrected chi connectivity index (χ2v) is 1.54. The van der Waals surface area contributed by atoms with E-state index < -0.39 is 7.82 Å². The fourth-order valence-electron chi connectivity index (χ4n) is 0. The zero-order valence-corrected chi connectivity index (χ0v) is 7.79. The summed E-state index contributed by atoms with van der Waals surface area (Å²) in [7, 11) is -4.64. The minimum atomic E-state index is -4.64. The molecule has 9 heteroatoms. The minimum absolute atomic E-state index is 0. The van der Waals surface area contributed by atoms with E-state index in [1.165, 1.54) is 0 Å².